The molecule has 1 saturated heterocycles. The Hall–Kier alpha value is -1.11. The van der Waals surface area contributed by atoms with Crippen molar-refractivity contribution in [3.05, 3.63) is 11.1 Å². The largest absolute Gasteiger partial charge is 0.444 e. The molecule has 2 heterocycles. The van der Waals surface area contributed by atoms with Crippen molar-refractivity contribution < 1.29 is 9.53 Å². The van der Waals surface area contributed by atoms with Crippen molar-refractivity contribution in [1.29, 1.82) is 0 Å². The van der Waals surface area contributed by atoms with Crippen LogP contribution in [0.5, 0.6) is 0 Å². The molecular formula is C10H15BrN4O2. The number of rotatable bonds is 1. The highest BCUT2D eigenvalue weighted by molar-refractivity contribution is 9.10. The number of aromatic nitrogens is 3. The van der Waals surface area contributed by atoms with E-state index in [1.54, 1.807) is 15.9 Å². The van der Waals surface area contributed by atoms with Gasteiger partial charge in [-0.1, -0.05) is 0 Å². The zero-order valence-corrected chi connectivity index (χ0v) is 11.6. The van der Waals surface area contributed by atoms with Crippen LogP contribution in [-0.4, -0.2) is 44.4 Å². The Morgan fingerprint density at radius 3 is 2.65 bits per heavy atom. The lowest BCUT2D eigenvalue weighted by Gasteiger charge is -2.39. The number of nitrogens with zero attached hydrogens (tertiary/aromatic N) is 4. The van der Waals surface area contributed by atoms with Crippen LogP contribution < -0.4 is 0 Å². The standard InChI is InChI=1S/C10H15BrN4O2/c1-10(2,3)17-9(16)14-4-7(5-14)15-6-12-8(11)13-15/h6-7H,4-5H2,1-3H3. The van der Waals surface area contributed by atoms with E-state index in [0.717, 1.165) is 0 Å². The first kappa shape index (κ1) is 12.3. The summed E-state index contributed by atoms with van der Waals surface area (Å²) in [5.41, 5.74) is -0.446. The highest BCUT2D eigenvalue weighted by Crippen LogP contribution is 2.23. The van der Waals surface area contributed by atoms with Crippen LogP contribution in [-0.2, 0) is 4.74 Å². The zero-order chi connectivity index (χ0) is 12.6. The Morgan fingerprint density at radius 2 is 2.18 bits per heavy atom. The van der Waals surface area contributed by atoms with E-state index in [1.165, 1.54) is 0 Å². The molecule has 0 atom stereocenters. The third-order valence-corrected chi connectivity index (χ3v) is 2.73. The van der Waals surface area contributed by atoms with Gasteiger partial charge in [-0.15, -0.1) is 5.10 Å². The maximum absolute atomic E-state index is 11.7. The van der Waals surface area contributed by atoms with Crippen molar-refractivity contribution in [1.82, 2.24) is 19.7 Å². The predicted molar refractivity (Wildman–Crippen MR) is 64.6 cm³/mol. The van der Waals surface area contributed by atoms with Gasteiger partial charge in [-0.25, -0.2) is 14.5 Å². The average Bonchev–Trinajstić information content (AvgIpc) is 2.45. The molecule has 0 spiro atoms. The summed E-state index contributed by atoms with van der Waals surface area (Å²) in [5, 5.41) is 4.14. The Morgan fingerprint density at radius 1 is 1.53 bits per heavy atom. The molecule has 1 aromatic heterocycles. The first-order valence-corrected chi connectivity index (χ1v) is 6.19. The van der Waals surface area contributed by atoms with E-state index in [2.05, 4.69) is 26.0 Å². The van der Waals surface area contributed by atoms with Gasteiger partial charge in [0.15, 0.2) is 0 Å². The van der Waals surface area contributed by atoms with Gasteiger partial charge in [-0.2, -0.15) is 0 Å². The molecule has 1 aromatic rings. The predicted octanol–water partition coefficient (Wildman–Crippen LogP) is 1.83. The molecule has 0 N–H and O–H groups in total. The first-order chi connectivity index (χ1) is 7.85. The second-order valence-electron chi connectivity index (χ2n) is 5.03. The fourth-order valence-corrected chi connectivity index (χ4v) is 1.80. The number of hydrogen-bond acceptors (Lipinski definition) is 4. The summed E-state index contributed by atoms with van der Waals surface area (Å²) < 4.78 is 7.58. The SMILES string of the molecule is CC(C)(C)OC(=O)N1CC(n2cnc(Br)n2)C1. The molecule has 0 radical (unpaired) electrons. The van der Waals surface area contributed by atoms with Crippen LogP contribution in [0.1, 0.15) is 26.8 Å². The van der Waals surface area contributed by atoms with Gasteiger partial charge >= 0.3 is 6.09 Å². The summed E-state index contributed by atoms with van der Waals surface area (Å²) in [6.45, 7) is 6.81. The summed E-state index contributed by atoms with van der Waals surface area (Å²) >= 11 is 3.19. The van der Waals surface area contributed by atoms with Crippen LogP contribution in [0.3, 0.4) is 0 Å². The third-order valence-electron chi connectivity index (χ3n) is 2.37. The monoisotopic (exact) mass is 302 g/mol. The van der Waals surface area contributed by atoms with E-state index in [4.69, 9.17) is 4.74 Å². The van der Waals surface area contributed by atoms with Crippen molar-refractivity contribution in [2.24, 2.45) is 0 Å². The average molecular weight is 303 g/mol. The molecule has 1 amide bonds. The summed E-state index contributed by atoms with van der Waals surface area (Å²) in [6, 6.07) is 0.196. The molecule has 1 aliphatic heterocycles. The van der Waals surface area contributed by atoms with Crippen LogP contribution in [0.2, 0.25) is 0 Å². The quantitative estimate of drug-likeness (QED) is 0.794. The first-order valence-electron chi connectivity index (χ1n) is 5.40. The minimum atomic E-state index is -0.446. The molecule has 17 heavy (non-hydrogen) atoms. The van der Waals surface area contributed by atoms with Crippen LogP contribution in [0.4, 0.5) is 4.79 Å². The number of carbonyl (C=O) groups is 1. The van der Waals surface area contributed by atoms with E-state index < -0.39 is 5.60 Å². The highest BCUT2D eigenvalue weighted by Gasteiger charge is 2.35. The van der Waals surface area contributed by atoms with E-state index in [0.29, 0.717) is 17.8 Å². The third kappa shape index (κ3) is 2.96. The van der Waals surface area contributed by atoms with Gasteiger partial charge in [0.2, 0.25) is 4.73 Å². The van der Waals surface area contributed by atoms with Gasteiger partial charge in [0.05, 0.1) is 6.04 Å². The normalized spacial score (nSPS) is 16.8. The minimum absolute atomic E-state index is 0.196. The van der Waals surface area contributed by atoms with Crippen LogP contribution in [0, 0.1) is 0 Å². The molecule has 1 fully saturated rings. The number of amides is 1. The lowest BCUT2D eigenvalue weighted by Crippen LogP contribution is -2.52. The second-order valence-corrected chi connectivity index (χ2v) is 5.74. The number of likely N-dealkylation sites (tertiary alicyclic amines) is 1. The number of carbonyl (C=O) groups excluding carboxylic acids is 1. The van der Waals surface area contributed by atoms with Crippen molar-refractivity contribution in [2.75, 3.05) is 13.1 Å². The van der Waals surface area contributed by atoms with Gasteiger partial charge in [0, 0.05) is 13.1 Å². The molecule has 94 valence electrons. The fourth-order valence-electron chi connectivity index (χ4n) is 1.53. The summed E-state index contributed by atoms with van der Waals surface area (Å²) in [4.78, 5) is 17.3. The lowest BCUT2D eigenvalue weighted by atomic mass is 10.1. The summed E-state index contributed by atoms with van der Waals surface area (Å²) in [7, 11) is 0. The minimum Gasteiger partial charge on any atom is -0.444 e. The molecular weight excluding hydrogens is 288 g/mol. The van der Waals surface area contributed by atoms with Gasteiger partial charge in [-0.3, -0.25) is 0 Å². The van der Waals surface area contributed by atoms with Gasteiger partial charge in [0.1, 0.15) is 11.9 Å². The molecule has 0 aliphatic carbocycles. The number of halogens is 1. The maximum Gasteiger partial charge on any atom is 0.410 e. The molecule has 1 aliphatic rings. The maximum atomic E-state index is 11.7. The van der Waals surface area contributed by atoms with Crippen molar-refractivity contribution in [3.8, 4) is 0 Å². The Labute approximate surface area is 108 Å². The summed E-state index contributed by atoms with van der Waals surface area (Å²) in [6.07, 6.45) is 1.38. The molecule has 2 rings (SSSR count). The number of ether oxygens (including phenoxy) is 1. The van der Waals surface area contributed by atoms with Crippen LogP contribution in [0.15, 0.2) is 11.1 Å². The topological polar surface area (TPSA) is 60.2 Å². The van der Waals surface area contributed by atoms with E-state index >= 15 is 0 Å². The lowest BCUT2D eigenvalue weighted by molar-refractivity contribution is -0.000462. The molecule has 0 aromatic carbocycles. The fraction of sp³-hybridized carbons (Fsp3) is 0.700. The molecule has 0 unspecified atom stereocenters. The Bertz CT molecular complexity index is 420. The zero-order valence-electron chi connectivity index (χ0n) is 10.1. The van der Waals surface area contributed by atoms with E-state index in [1.807, 2.05) is 20.8 Å². The molecule has 0 saturated carbocycles. The molecule has 6 nitrogen and oxygen atoms in total. The van der Waals surface area contributed by atoms with Crippen molar-refractivity contribution in [2.45, 2.75) is 32.4 Å². The van der Waals surface area contributed by atoms with Crippen LogP contribution >= 0.6 is 15.9 Å². The van der Waals surface area contributed by atoms with Gasteiger partial charge in [0.25, 0.3) is 0 Å². The highest BCUT2D eigenvalue weighted by atomic mass is 79.9. The number of hydrogen-bond donors (Lipinski definition) is 0. The second kappa shape index (κ2) is 4.29. The Kier molecular flexibility index (Phi) is 3.11. The van der Waals surface area contributed by atoms with E-state index in [-0.39, 0.29) is 12.1 Å². The molecule has 7 heteroatoms. The van der Waals surface area contributed by atoms with Crippen molar-refractivity contribution in [3.63, 3.8) is 0 Å². The van der Waals surface area contributed by atoms with Crippen molar-refractivity contribution >= 4 is 22.0 Å². The Balaban J connectivity index is 1.85. The van der Waals surface area contributed by atoms with Gasteiger partial charge < -0.3 is 9.64 Å². The molecule has 0 bridgehead atoms. The van der Waals surface area contributed by atoms with E-state index in [9.17, 15) is 4.79 Å². The smallest absolute Gasteiger partial charge is 0.410 e. The van der Waals surface area contributed by atoms with Gasteiger partial charge in [-0.05, 0) is 36.7 Å². The summed E-state index contributed by atoms with van der Waals surface area (Å²) in [5.74, 6) is 0. The van der Waals surface area contributed by atoms with Crippen LogP contribution in [0.25, 0.3) is 0 Å².